The highest BCUT2D eigenvalue weighted by atomic mass is 19.1. The van der Waals surface area contributed by atoms with Crippen LogP contribution in [0.4, 0.5) is 13.2 Å². The molecule has 0 radical (unpaired) electrons. The number of rotatable bonds is 5. The van der Waals surface area contributed by atoms with Gasteiger partial charge in [-0.3, -0.25) is 9.59 Å². The maximum absolute atomic E-state index is 15.7. The van der Waals surface area contributed by atoms with Crippen LogP contribution in [0.5, 0.6) is 11.6 Å². The second-order valence-corrected chi connectivity index (χ2v) is 8.85. The molecule has 5 rings (SSSR count). The zero-order valence-corrected chi connectivity index (χ0v) is 20.4. The van der Waals surface area contributed by atoms with Crippen molar-refractivity contribution in [2.24, 2.45) is 7.05 Å². The van der Waals surface area contributed by atoms with Gasteiger partial charge in [0.25, 0.3) is 17.3 Å². The number of nitrogens with zero attached hydrogens (tertiary/aromatic N) is 5. The Morgan fingerprint density at radius 1 is 1.19 bits per heavy atom. The fourth-order valence-corrected chi connectivity index (χ4v) is 4.61. The Morgan fingerprint density at radius 2 is 1.92 bits per heavy atom. The minimum Gasteiger partial charge on any atom is -0.478 e. The van der Waals surface area contributed by atoms with Crippen LogP contribution in [0, 0.1) is 12.7 Å². The van der Waals surface area contributed by atoms with Gasteiger partial charge in [0.05, 0.1) is 18.0 Å². The van der Waals surface area contributed by atoms with Gasteiger partial charge in [0.2, 0.25) is 6.86 Å². The van der Waals surface area contributed by atoms with Crippen LogP contribution in [0.1, 0.15) is 29.0 Å². The van der Waals surface area contributed by atoms with Crippen LogP contribution in [-0.2, 0) is 7.05 Å². The lowest BCUT2D eigenvalue weighted by Gasteiger charge is -2.28. The summed E-state index contributed by atoms with van der Waals surface area (Å²) in [6.07, 6.45) is -0.697. The molecule has 1 fully saturated rings. The Hall–Kier alpha value is -4.09. The van der Waals surface area contributed by atoms with Crippen molar-refractivity contribution in [3.05, 3.63) is 51.8 Å². The molecule has 0 aliphatic carbocycles. The molecular weight excluding hydrogens is 491 g/mol. The molecule has 1 amide bonds. The number of aryl methyl sites for hydroxylation is 2. The van der Waals surface area contributed by atoms with E-state index in [1.807, 2.05) is 6.92 Å². The van der Waals surface area contributed by atoms with Crippen LogP contribution in [0.2, 0.25) is 0 Å². The lowest BCUT2D eigenvalue weighted by molar-refractivity contribution is 0.0661. The Bertz CT molecular complexity index is 1590. The van der Waals surface area contributed by atoms with Gasteiger partial charge in [-0.2, -0.15) is 9.78 Å². The highest BCUT2D eigenvalue weighted by Gasteiger charge is 2.29. The molecule has 37 heavy (non-hydrogen) atoms. The van der Waals surface area contributed by atoms with E-state index in [-0.39, 0.29) is 65.2 Å². The summed E-state index contributed by atoms with van der Waals surface area (Å²) in [5.41, 5.74) is 0.0860. The molecule has 0 unspecified atom stereocenters. The number of carbonyl (C=O) groups excluding carboxylic acids is 1. The number of alkyl halides is 2. The number of benzene rings is 1. The quantitative estimate of drug-likeness (QED) is 0.403. The molecule has 12 heteroatoms. The fourth-order valence-electron chi connectivity index (χ4n) is 4.61. The summed E-state index contributed by atoms with van der Waals surface area (Å²) in [4.78, 5) is 32.7. The maximum atomic E-state index is 15.7. The number of pyridine rings is 1. The Morgan fingerprint density at radius 3 is 2.59 bits per heavy atom. The van der Waals surface area contributed by atoms with E-state index in [2.05, 4.69) is 10.1 Å². The summed E-state index contributed by atoms with van der Waals surface area (Å²) >= 11 is 0. The van der Waals surface area contributed by atoms with E-state index < -0.39 is 30.3 Å². The summed E-state index contributed by atoms with van der Waals surface area (Å²) in [5.74, 6) is -1.63. The van der Waals surface area contributed by atoms with Gasteiger partial charge in [-0.15, -0.1) is 0 Å². The molecule has 4 aromatic rings. The molecule has 0 N–H and O–H groups in total. The molecule has 1 aliphatic heterocycles. The number of halogens is 3. The van der Waals surface area contributed by atoms with E-state index in [0.29, 0.717) is 5.52 Å². The third kappa shape index (κ3) is 4.05. The minimum absolute atomic E-state index is 0.117. The molecule has 0 atom stereocenters. The molecule has 1 aliphatic rings. The number of piperidine rings is 1. The number of hydrogen-bond donors (Lipinski definition) is 0. The average Bonchev–Trinajstić information content (AvgIpc) is 3.19. The predicted molar refractivity (Wildman–Crippen MR) is 129 cm³/mol. The van der Waals surface area contributed by atoms with Crippen molar-refractivity contribution < 1.29 is 27.4 Å². The summed E-state index contributed by atoms with van der Waals surface area (Å²) in [7, 11) is 3.06. The number of carbonyl (C=O) groups is 1. The predicted octanol–water partition coefficient (Wildman–Crippen LogP) is 3.61. The number of ether oxygens (including phenoxy) is 2. The van der Waals surface area contributed by atoms with Crippen molar-refractivity contribution >= 4 is 27.7 Å². The molecule has 1 aromatic carbocycles. The molecular formula is C25H24F3N5O4. The highest BCUT2D eigenvalue weighted by molar-refractivity contribution is 6.03. The van der Waals surface area contributed by atoms with Crippen molar-refractivity contribution in [3.8, 4) is 17.3 Å². The fraction of sp³-hybridized carbons (Fsp3) is 0.360. The summed E-state index contributed by atoms with van der Waals surface area (Å²) in [5, 5.41) is 4.38. The zero-order chi connectivity index (χ0) is 26.4. The minimum atomic E-state index is -1.22. The van der Waals surface area contributed by atoms with Gasteiger partial charge in [0, 0.05) is 37.3 Å². The molecule has 9 nitrogen and oxygen atoms in total. The lowest BCUT2D eigenvalue weighted by Crippen LogP contribution is -2.40. The second-order valence-electron chi connectivity index (χ2n) is 8.85. The van der Waals surface area contributed by atoms with Gasteiger partial charge in [0.15, 0.2) is 17.3 Å². The van der Waals surface area contributed by atoms with E-state index in [1.54, 1.807) is 23.7 Å². The number of aromatic nitrogens is 4. The average molecular weight is 515 g/mol. The van der Waals surface area contributed by atoms with Crippen molar-refractivity contribution in [3.63, 3.8) is 0 Å². The molecule has 0 saturated carbocycles. The van der Waals surface area contributed by atoms with Gasteiger partial charge in [-0.25, -0.2) is 18.2 Å². The van der Waals surface area contributed by atoms with Crippen LogP contribution in [-0.4, -0.2) is 63.4 Å². The second kappa shape index (κ2) is 9.41. The van der Waals surface area contributed by atoms with Crippen molar-refractivity contribution in [2.75, 3.05) is 27.1 Å². The monoisotopic (exact) mass is 515 g/mol. The smallest absolute Gasteiger partial charge is 0.281 e. The van der Waals surface area contributed by atoms with E-state index in [4.69, 9.17) is 9.47 Å². The van der Waals surface area contributed by atoms with Gasteiger partial charge in [-0.1, -0.05) is 0 Å². The largest absolute Gasteiger partial charge is 0.478 e. The van der Waals surface area contributed by atoms with Crippen LogP contribution < -0.4 is 15.0 Å². The highest BCUT2D eigenvalue weighted by Crippen LogP contribution is 2.31. The summed E-state index contributed by atoms with van der Waals surface area (Å²) in [6, 6.07) is 5.88. The molecule has 4 heterocycles. The first-order valence-corrected chi connectivity index (χ1v) is 11.6. The SMILES string of the molecule is COc1nc2c(C(=O)N3CCC(F)CC3)nn(-c3ccc4c(cc(C)n4C)c3F)c(=O)c2cc1OCF. The van der Waals surface area contributed by atoms with Gasteiger partial charge in [-0.05, 0) is 38.0 Å². The molecule has 3 aromatic heterocycles. The van der Waals surface area contributed by atoms with Crippen LogP contribution in [0.25, 0.3) is 27.5 Å². The van der Waals surface area contributed by atoms with Crippen LogP contribution in [0.3, 0.4) is 0 Å². The van der Waals surface area contributed by atoms with E-state index in [9.17, 15) is 18.4 Å². The number of amides is 1. The van der Waals surface area contributed by atoms with Crippen molar-refractivity contribution in [1.29, 1.82) is 0 Å². The Kier molecular flexibility index (Phi) is 6.26. The first-order chi connectivity index (χ1) is 17.7. The summed E-state index contributed by atoms with van der Waals surface area (Å²) in [6.45, 7) is 0.895. The van der Waals surface area contributed by atoms with Gasteiger partial charge in [0.1, 0.15) is 17.4 Å². The number of methoxy groups -OCH3 is 1. The molecule has 194 valence electrons. The molecule has 1 saturated heterocycles. The third-order valence-electron chi connectivity index (χ3n) is 6.73. The first-order valence-electron chi connectivity index (χ1n) is 11.6. The first kappa shape index (κ1) is 24.6. The Balaban J connectivity index is 1.78. The standard InChI is InChI=1S/C25H24F3N5O4/c1-13-10-15-17(31(13)2)4-5-18(20(15)28)33-24(34)16-11-19(37-12-26)23(36-3)29-21(16)22(30-33)25(35)32-8-6-14(27)7-9-32/h4-5,10-11,14H,6-9,12H2,1-3H3. The number of likely N-dealkylation sites (tertiary alicyclic amines) is 1. The van der Waals surface area contributed by atoms with Crippen LogP contribution >= 0.6 is 0 Å². The van der Waals surface area contributed by atoms with Crippen molar-refractivity contribution in [1.82, 2.24) is 24.2 Å². The summed E-state index contributed by atoms with van der Waals surface area (Å²) < 4.78 is 55.1. The normalized spacial score (nSPS) is 14.5. The van der Waals surface area contributed by atoms with Gasteiger partial charge < -0.3 is 18.9 Å². The molecule has 0 spiro atoms. The van der Waals surface area contributed by atoms with Crippen molar-refractivity contribution in [2.45, 2.75) is 25.9 Å². The third-order valence-corrected chi connectivity index (χ3v) is 6.73. The molecule has 0 bridgehead atoms. The zero-order valence-electron chi connectivity index (χ0n) is 20.4. The number of fused-ring (bicyclic) bond motifs is 2. The topological polar surface area (TPSA) is 91.5 Å². The van der Waals surface area contributed by atoms with Gasteiger partial charge >= 0.3 is 0 Å². The van der Waals surface area contributed by atoms with E-state index >= 15 is 4.39 Å². The van der Waals surface area contributed by atoms with Crippen LogP contribution in [0.15, 0.2) is 29.1 Å². The Labute approximate surface area is 209 Å². The van der Waals surface area contributed by atoms with E-state index in [0.717, 1.165) is 10.4 Å². The maximum Gasteiger partial charge on any atom is 0.281 e. The number of hydrogen-bond acceptors (Lipinski definition) is 6. The van der Waals surface area contributed by atoms with E-state index in [1.165, 1.54) is 24.1 Å². The lowest BCUT2D eigenvalue weighted by atomic mass is 10.1.